The van der Waals surface area contributed by atoms with Crippen molar-refractivity contribution in [3.8, 4) is 16.9 Å². The molecule has 0 unspecified atom stereocenters. The molecule has 0 atom stereocenters. The Kier molecular flexibility index (Phi) is 9.11. The number of carbonyl (C=O) groups excluding carboxylic acids is 1. The number of rotatable bonds is 10. The van der Waals surface area contributed by atoms with Crippen LogP contribution < -0.4 is 4.74 Å². The molecule has 0 spiro atoms. The number of Topliss-reactive ketones (excluding diaryl/α,β-unsaturated/α-hetero) is 1. The molecule has 1 fully saturated rings. The number of halogens is 2. The second-order valence-corrected chi connectivity index (χ2v) is 10.2. The van der Waals surface area contributed by atoms with Crippen LogP contribution in [0.5, 0.6) is 5.75 Å². The third-order valence-corrected chi connectivity index (χ3v) is 7.32. The lowest BCUT2D eigenvalue weighted by Crippen LogP contribution is -2.28. The van der Waals surface area contributed by atoms with E-state index in [2.05, 4.69) is 28.1 Å². The maximum absolute atomic E-state index is 14.0. The summed E-state index contributed by atoms with van der Waals surface area (Å²) in [6, 6.07) is 20.9. The van der Waals surface area contributed by atoms with Crippen molar-refractivity contribution < 1.29 is 18.7 Å². The van der Waals surface area contributed by atoms with Crippen LogP contribution in [0.25, 0.3) is 11.1 Å². The van der Waals surface area contributed by atoms with Crippen LogP contribution in [-0.4, -0.2) is 18.0 Å². The zero-order valence-electron chi connectivity index (χ0n) is 20.1. The van der Waals surface area contributed by atoms with E-state index in [0.29, 0.717) is 13.0 Å². The summed E-state index contributed by atoms with van der Waals surface area (Å²) in [4.78, 5) is 11.4. The van der Waals surface area contributed by atoms with E-state index >= 15 is 0 Å². The van der Waals surface area contributed by atoms with Gasteiger partial charge in [-0.2, -0.15) is 0 Å². The van der Waals surface area contributed by atoms with Crippen LogP contribution in [0.2, 0.25) is 0 Å². The van der Waals surface area contributed by atoms with Crippen molar-refractivity contribution in [2.24, 2.45) is 0 Å². The fourth-order valence-electron chi connectivity index (χ4n) is 4.63. The van der Waals surface area contributed by atoms with Gasteiger partial charge in [-0.1, -0.05) is 52.3 Å². The fraction of sp³-hybridized carbons (Fsp3) is 0.367. The highest BCUT2D eigenvalue weighted by Gasteiger charge is 2.23. The highest BCUT2D eigenvalue weighted by atomic mass is 79.9. The molecular formula is C30H32BrFO3. The lowest BCUT2D eigenvalue weighted by molar-refractivity contribution is -0.117. The Morgan fingerprint density at radius 3 is 2.46 bits per heavy atom. The minimum absolute atomic E-state index is 0.141. The van der Waals surface area contributed by atoms with Crippen molar-refractivity contribution in [1.82, 2.24) is 0 Å². The van der Waals surface area contributed by atoms with Gasteiger partial charge >= 0.3 is 0 Å². The second-order valence-electron chi connectivity index (χ2n) is 9.30. The molecule has 3 nitrogen and oxygen atoms in total. The summed E-state index contributed by atoms with van der Waals surface area (Å²) in [6.07, 6.45) is 6.30. The largest absolute Gasteiger partial charge is 0.490 e. The van der Waals surface area contributed by atoms with Crippen LogP contribution in [0.3, 0.4) is 0 Å². The number of ether oxygens (including phenoxy) is 2. The van der Waals surface area contributed by atoms with Crippen molar-refractivity contribution in [3.63, 3.8) is 0 Å². The average molecular weight is 539 g/mol. The molecular weight excluding hydrogens is 507 g/mol. The molecule has 0 radical (unpaired) electrons. The van der Waals surface area contributed by atoms with Crippen molar-refractivity contribution in [1.29, 1.82) is 0 Å². The molecule has 0 aliphatic heterocycles. The summed E-state index contributed by atoms with van der Waals surface area (Å²) in [7, 11) is 0. The van der Waals surface area contributed by atoms with E-state index < -0.39 is 0 Å². The molecule has 1 aliphatic rings. The Labute approximate surface area is 215 Å². The third-order valence-electron chi connectivity index (χ3n) is 6.55. The summed E-state index contributed by atoms with van der Waals surface area (Å²) in [5.74, 6) is 0.731. The highest BCUT2D eigenvalue weighted by molar-refractivity contribution is 9.10. The van der Waals surface area contributed by atoms with Gasteiger partial charge < -0.3 is 14.3 Å². The molecule has 0 aromatic heterocycles. The van der Waals surface area contributed by atoms with E-state index in [1.165, 1.54) is 11.6 Å². The van der Waals surface area contributed by atoms with E-state index in [-0.39, 0.29) is 23.8 Å². The summed E-state index contributed by atoms with van der Waals surface area (Å²) in [5.41, 5.74) is 4.07. The Bertz CT molecular complexity index is 1140. The first-order valence-electron chi connectivity index (χ1n) is 12.4. The fourth-order valence-corrected chi connectivity index (χ4v) is 5.03. The predicted octanol–water partition coefficient (Wildman–Crippen LogP) is 8.07. The molecule has 0 N–H and O–H groups in total. The average Bonchev–Trinajstić information content (AvgIpc) is 2.85. The molecule has 1 saturated carbocycles. The number of aryl methyl sites for hydroxylation is 1. The minimum atomic E-state index is -0.260. The summed E-state index contributed by atoms with van der Waals surface area (Å²) in [5, 5.41) is 0. The predicted molar refractivity (Wildman–Crippen MR) is 141 cm³/mol. The molecule has 0 amide bonds. The van der Waals surface area contributed by atoms with Crippen LogP contribution >= 0.6 is 15.9 Å². The van der Waals surface area contributed by atoms with Crippen LogP contribution in [0.4, 0.5) is 4.39 Å². The van der Waals surface area contributed by atoms with Gasteiger partial charge in [0.1, 0.15) is 17.3 Å². The standard InChI is InChI=1S/C30H32BrFO3/c1-21(33)6-4-8-22-12-13-28(19-29(22)23-9-5-10-25(32)18-23)35-27-16-14-26(15-17-27)34-20-24-7-2-3-11-30(24)31/h2-3,5,7,9-13,18-19,26-27H,4,6,8,14-17,20H2,1H3. The van der Waals surface area contributed by atoms with Gasteiger partial charge in [0.25, 0.3) is 0 Å². The molecule has 0 heterocycles. The Morgan fingerprint density at radius 1 is 0.943 bits per heavy atom. The maximum Gasteiger partial charge on any atom is 0.129 e. The molecule has 3 aromatic carbocycles. The molecule has 0 bridgehead atoms. The van der Waals surface area contributed by atoms with E-state index in [9.17, 15) is 9.18 Å². The molecule has 184 valence electrons. The first-order chi connectivity index (χ1) is 17.0. The van der Waals surface area contributed by atoms with Gasteiger partial charge in [0.2, 0.25) is 0 Å². The molecule has 35 heavy (non-hydrogen) atoms. The summed E-state index contributed by atoms with van der Waals surface area (Å²) < 4.78 is 27.6. The number of carbonyl (C=O) groups is 1. The van der Waals surface area contributed by atoms with Gasteiger partial charge in [0.05, 0.1) is 18.8 Å². The molecule has 3 aromatic rings. The van der Waals surface area contributed by atoms with Crippen molar-refractivity contribution in [2.45, 2.75) is 70.7 Å². The van der Waals surface area contributed by atoms with Crippen molar-refractivity contribution in [2.75, 3.05) is 0 Å². The van der Waals surface area contributed by atoms with E-state index in [1.54, 1.807) is 19.1 Å². The number of hydrogen-bond donors (Lipinski definition) is 0. The third kappa shape index (κ3) is 7.49. The number of hydrogen-bond acceptors (Lipinski definition) is 3. The zero-order chi connectivity index (χ0) is 24.6. The van der Waals surface area contributed by atoms with Crippen molar-refractivity contribution in [3.05, 3.63) is 88.1 Å². The van der Waals surface area contributed by atoms with E-state index in [0.717, 1.165) is 65.4 Å². The van der Waals surface area contributed by atoms with E-state index in [1.807, 2.05) is 36.4 Å². The second kappa shape index (κ2) is 12.5. The molecule has 0 saturated heterocycles. The zero-order valence-corrected chi connectivity index (χ0v) is 21.7. The summed E-state index contributed by atoms with van der Waals surface area (Å²) >= 11 is 3.58. The normalized spacial score (nSPS) is 17.8. The van der Waals surface area contributed by atoms with E-state index in [4.69, 9.17) is 9.47 Å². The first-order valence-corrected chi connectivity index (χ1v) is 13.2. The quantitative estimate of drug-likeness (QED) is 0.261. The number of benzene rings is 3. The van der Waals surface area contributed by atoms with Crippen LogP contribution in [0.15, 0.2) is 71.2 Å². The van der Waals surface area contributed by atoms with Crippen LogP contribution in [0, 0.1) is 5.82 Å². The molecule has 4 rings (SSSR count). The first kappa shape index (κ1) is 25.6. The van der Waals surface area contributed by atoms with Gasteiger partial charge in [-0.15, -0.1) is 0 Å². The van der Waals surface area contributed by atoms with Gasteiger partial charge in [-0.05, 0) is 98.0 Å². The minimum Gasteiger partial charge on any atom is -0.490 e. The lowest BCUT2D eigenvalue weighted by atomic mass is 9.94. The van der Waals surface area contributed by atoms with Crippen molar-refractivity contribution >= 4 is 21.7 Å². The smallest absolute Gasteiger partial charge is 0.129 e. The lowest BCUT2D eigenvalue weighted by Gasteiger charge is -2.29. The SMILES string of the molecule is CC(=O)CCCc1ccc(OC2CCC(OCc3ccccc3Br)CC2)cc1-c1cccc(F)c1. The molecule has 1 aliphatic carbocycles. The highest BCUT2D eigenvalue weighted by Crippen LogP contribution is 2.32. The van der Waals surface area contributed by atoms with Crippen LogP contribution in [-0.2, 0) is 22.6 Å². The Hall–Kier alpha value is -2.50. The summed E-state index contributed by atoms with van der Waals surface area (Å²) in [6.45, 7) is 2.23. The maximum atomic E-state index is 14.0. The number of ketones is 1. The molecule has 5 heteroatoms. The Morgan fingerprint density at radius 2 is 1.71 bits per heavy atom. The van der Waals surface area contributed by atoms with Gasteiger partial charge in [0.15, 0.2) is 0 Å². The van der Waals surface area contributed by atoms with Gasteiger partial charge in [-0.3, -0.25) is 0 Å². The monoisotopic (exact) mass is 538 g/mol. The van der Waals surface area contributed by atoms with Gasteiger partial charge in [-0.25, -0.2) is 4.39 Å². The topological polar surface area (TPSA) is 35.5 Å². The Balaban J connectivity index is 1.38. The van der Waals surface area contributed by atoms with Gasteiger partial charge in [0, 0.05) is 10.9 Å². The van der Waals surface area contributed by atoms with Crippen LogP contribution in [0.1, 0.15) is 56.6 Å².